The first-order valence-electron chi connectivity index (χ1n) is 4.96. The molecule has 0 fully saturated rings. The average molecular weight is 196 g/mol. The molecule has 0 aliphatic heterocycles. The Morgan fingerprint density at radius 3 is 2.36 bits per heavy atom. The van der Waals surface area contributed by atoms with E-state index < -0.39 is 11.5 Å². The monoisotopic (exact) mass is 196 g/mol. The third-order valence-corrected chi connectivity index (χ3v) is 2.29. The summed E-state index contributed by atoms with van der Waals surface area (Å²) < 4.78 is 0. The highest BCUT2D eigenvalue weighted by atomic mass is 16.3. The lowest BCUT2D eigenvalue weighted by Gasteiger charge is -2.24. The van der Waals surface area contributed by atoms with Crippen molar-refractivity contribution in [2.75, 3.05) is 0 Å². The summed E-state index contributed by atoms with van der Waals surface area (Å²) in [6, 6.07) is 0. The molecular formula is C12H20O2. The minimum atomic E-state index is -0.886. The standard InChI is InChI=1S/C12H20O2/c1-6-7-8-9(2)10(13)11(14)12(3,4)5/h1,9-10,13H,7-8H2,2-5H3/t9-,10+/m0/s1. The number of rotatable bonds is 4. The largest absolute Gasteiger partial charge is 0.385 e. The number of carbonyl (C=O) groups excluding carboxylic acids is 1. The van der Waals surface area contributed by atoms with Crippen molar-refractivity contribution in [2.24, 2.45) is 11.3 Å². The van der Waals surface area contributed by atoms with Gasteiger partial charge in [-0.05, 0) is 12.3 Å². The van der Waals surface area contributed by atoms with Crippen molar-refractivity contribution in [3.8, 4) is 12.3 Å². The van der Waals surface area contributed by atoms with Crippen LogP contribution in [0.5, 0.6) is 0 Å². The lowest BCUT2D eigenvalue weighted by molar-refractivity contribution is -0.137. The molecule has 0 spiro atoms. The van der Waals surface area contributed by atoms with Crippen molar-refractivity contribution < 1.29 is 9.90 Å². The highest BCUT2D eigenvalue weighted by Crippen LogP contribution is 2.22. The minimum absolute atomic E-state index is 0.0576. The van der Waals surface area contributed by atoms with Crippen LogP contribution < -0.4 is 0 Å². The second kappa shape index (κ2) is 5.17. The zero-order chi connectivity index (χ0) is 11.4. The maximum atomic E-state index is 11.7. The summed E-state index contributed by atoms with van der Waals surface area (Å²) in [7, 11) is 0. The second-order valence-electron chi connectivity index (χ2n) is 4.78. The van der Waals surface area contributed by atoms with Gasteiger partial charge >= 0.3 is 0 Å². The average Bonchev–Trinajstić information content (AvgIpc) is 2.10. The lowest BCUT2D eigenvalue weighted by atomic mass is 9.82. The number of aliphatic hydroxyl groups excluding tert-OH is 1. The minimum Gasteiger partial charge on any atom is -0.385 e. The van der Waals surface area contributed by atoms with E-state index in [9.17, 15) is 9.90 Å². The zero-order valence-electron chi connectivity index (χ0n) is 9.50. The molecule has 14 heavy (non-hydrogen) atoms. The van der Waals surface area contributed by atoms with E-state index in [1.165, 1.54) is 0 Å². The number of Topliss-reactive ketones (excluding diaryl/α,β-unsaturated/α-hetero) is 1. The van der Waals surface area contributed by atoms with E-state index >= 15 is 0 Å². The quantitative estimate of drug-likeness (QED) is 0.698. The smallest absolute Gasteiger partial charge is 0.166 e. The van der Waals surface area contributed by atoms with Gasteiger partial charge in [-0.1, -0.05) is 27.7 Å². The number of aliphatic hydroxyl groups is 1. The van der Waals surface area contributed by atoms with Crippen LogP contribution in [0.1, 0.15) is 40.5 Å². The summed E-state index contributed by atoms with van der Waals surface area (Å²) in [6.45, 7) is 7.29. The molecule has 0 heterocycles. The third-order valence-electron chi connectivity index (χ3n) is 2.29. The highest BCUT2D eigenvalue weighted by Gasteiger charge is 2.31. The predicted octanol–water partition coefficient (Wildman–Crippen LogP) is 2.01. The maximum absolute atomic E-state index is 11.7. The van der Waals surface area contributed by atoms with E-state index in [2.05, 4.69) is 5.92 Å². The van der Waals surface area contributed by atoms with Crippen molar-refractivity contribution in [3.63, 3.8) is 0 Å². The van der Waals surface area contributed by atoms with Gasteiger partial charge in [0, 0.05) is 11.8 Å². The first-order valence-corrected chi connectivity index (χ1v) is 4.96. The predicted molar refractivity (Wildman–Crippen MR) is 57.7 cm³/mol. The number of carbonyl (C=O) groups is 1. The van der Waals surface area contributed by atoms with Gasteiger partial charge in [-0.2, -0.15) is 0 Å². The molecule has 0 aliphatic carbocycles. The second-order valence-corrected chi connectivity index (χ2v) is 4.78. The molecule has 2 atom stereocenters. The van der Waals surface area contributed by atoms with Gasteiger partial charge in [0.2, 0.25) is 0 Å². The van der Waals surface area contributed by atoms with E-state index in [0.29, 0.717) is 12.8 Å². The summed E-state index contributed by atoms with van der Waals surface area (Å²) in [5.74, 6) is 2.34. The fraction of sp³-hybridized carbons (Fsp3) is 0.750. The van der Waals surface area contributed by atoms with Gasteiger partial charge in [-0.25, -0.2) is 0 Å². The van der Waals surface area contributed by atoms with Crippen LogP contribution in [0.25, 0.3) is 0 Å². The molecule has 2 heteroatoms. The summed E-state index contributed by atoms with van der Waals surface area (Å²) in [4.78, 5) is 11.7. The summed E-state index contributed by atoms with van der Waals surface area (Å²) in [5.41, 5.74) is -0.482. The number of hydrogen-bond donors (Lipinski definition) is 1. The van der Waals surface area contributed by atoms with Crippen LogP contribution in [0.15, 0.2) is 0 Å². The Kier molecular flexibility index (Phi) is 4.87. The molecule has 0 bridgehead atoms. The van der Waals surface area contributed by atoms with E-state index in [-0.39, 0.29) is 11.7 Å². The molecule has 0 aromatic rings. The fourth-order valence-electron chi connectivity index (χ4n) is 1.17. The van der Waals surface area contributed by atoms with Gasteiger partial charge in [-0.15, -0.1) is 12.3 Å². The highest BCUT2D eigenvalue weighted by molar-refractivity contribution is 5.87. The molecule has 2 nitrogen and oxygen atoms in total. The van der Waals surface area contributed by atoms with Crippen LogP contribution in [0, 0.1) is 23.7 Å². The summed E-state index contributed by atoms with van der Waals surface area (Å²) in [6.07, 6.45) is 5.54. The molecule has 0 aromatic heterocycles. The Bertz CT molecular complexity index is 230. The van der Waals surface area contributed by atoms with Crippen LogP contribution in [0.4, 0.5) is 0 Å². The Morgan fingerprint density at radius 2 is 2.00 bits per heavy atom. The van der Waals surface area contributed by atoms with E-state index in [4.69, 9.17) is 6.42 Å². The van der Waals surface area contributed by atoms with E-state index in [1.807, 2.05) is 27.7 Å². The molecule has 0 saturated carbocycles. The van der Waals surface area contributed by atoms with Crippen LogP contribution in [-0.4, -0.2) is 17.0 Å². The van der Waals surface area contributed by atoms with Crippen LogP contribution in [0.3, 0.4) is 0 Å². The molecule has 0 rings (SSSR count). The normalized spacial score (nSPS) is 15.7. The van der Waals surface area contributed by atoms with Crippen LogP contribution in [0.2, 0.25) is 0 Å². The van der Waals surface area contributed by atoms with Crippen molar-refractivity contribution in [1.29, 1.82) is 0 Å². The Balaban J connectivity index is 4.26. The van der Waals surface area contributed by atoms with Crippen LogP contribution >= 0.6 is 0 Å². The fourth-order valence-corrected chi connectivity index (χ4v) is 1.17. The SMILES string of the molecule is C#CCC[C@H](C)[C@@H](O)C(=O)C(C)(C)C. The van der Waals surface area contributed by atoms with E-state index in [0.717, 1.165) is 0 Å². The Labute approximate surface area is 86.7 Å². The molecule has 0 amide bonds. The van der Waals surface area contributed by atoms with Crippen LogP contribution in [-0.2, 0) is 4.79 Å². The van der Waals surface area contributed by atoms with Gasteiger partial charge in [-0.3, -0.25) is 4.79 Å². The molecule has 80 valence electrons. The van der Waals surface area contributed by atoms with Gasteiger partial charge in [0.15, 0.2) is 5.78 Å². The Morgan fingerprint density at radius 1 is 1.50 bits per heavy atom. The summed E-state index contributed by atoms with van der Waals surface area (Å²) >= 11 is 0. The van der Waals surface area contributed by atoms with Crippen molar-refractivity contribution in [2.45, 2.75) is 46.6 Å². The van der Waals surface area contributed by atoms with Gasteiger partial charge in [0.1, 0.15) is 6.10 Å². The molecule has 0 radical (unpaired) electrons. The first-order chi connectivity index (χ1) is 6.30. The van der Waals surface area contributed by atoms with Crippen molar-refractivity contribution in [1.82, 2.24) is 0 Å². The molecule has 0 saturated heterocycles. The molecule has 0 aromatic carbocycles. The number of ketones is 1. The summed E-state index contributed by atoms with van der Waals surface area (Å²) in [5, 5.41) is 9.73. The molecule has 0 unspecified atom stereocenters. The van der Waals surface area contributed by atoms with Gasteiger partial charge in [0.05, 0.1) is 0 Å². The van der Waals surface area contributed by atoms with Crippen molar-refractivity contribution in [3.05, 3.63) is 0 Å². The Hall–Kier alpha value is -0.810. The van der Waals surface area contributed by atoms with Crippen molar-refractivity contribution >= 4 is 5.78 Å². The molecular weight excluding hydrogens is 176 g/mol. The zero-order valence-corrected chi connectivity index (χ0v) is 9.50. The van der Waals surface area contributed by atoms with Gasteiger partial charge < -0.3 is 5.11 Å². The van der Waals surface area contributed by atoms with E-state index in [1.54, 1.807) is 0 Å². The van der Waals surface area contributed by atoms with Gasteiger partial charge in [0.25, 0.3) is 0 Å². The molecule has 1 N–H and O–H groups in total. The first kappa shape index (κ1) is 13.2. The maximum Gasteiger partial charge on any atom is 0.166 e. The molecule has 0 aliphatic rings. The lowest BCUT2D eigenvalue weighted by Crippen LogP contribution is -2.36. The third kappa shape index (κ3) is 3.93. The number of hydrogen-bond acceptors (Lipinski definition) is 2. The topological polar surface area (TPSA) is 37.3 Å². The number of terminal acetylenes is 1.